The molecule has 0 bridgehead atoms. The Hall–Kier alpha value is -3.97. The standard InChI is InChI=1S/C23H28N4O9/c1-14-18(22(29)35-11-8-26-6-9-34-10-7-26)19(15-4-3-5-16(12-15)27(31)32)20(21(28)33-2)17(25-14)13-36-23(24)30/h3-5,12,19,25H,6-11,13H2,1-2H3,(H2,24,30). The molecule has 36 heavy (non-hydrogen) atoms. The number of primary amides is 1. The molecule has 13 nitrogen and oxygen atoms in total. The first-order valence-corrected chi connectivity index (χ1v) is 11.2. The van der Waals surface area contributed by atoms with Crippen LogP contribution in [-0.4, -0.2) is 81.0 Å². The normalized spacial score (nSPS) is 18.3. The summed E-state index contributed by atoms with van der Waals surface area (Å²) in [5.74, 6) is -2.63. The van der Waals surface area contributed by atoms with Crippen molar-refractivity contribution < 1.29 is 38.3 Å². The summed E-state index contributed by atoms with van der Waals surface area (Å²) < 4.78 is 20.7. The van der Waals surface area contributed by atoms with Crippen molar-refractivity contribution in [2.24, 2.45) is 5.73 Å². The first-order chi connectivity index (χ1) is 17.2. The number of carbonyl (C=O) groups is 3. The van der Waals surface area contributed by atoms with Crippen LogP contribution in [0.5, 0.6) is 0 Å². The van der Waals surface area contributed by atoms with Crippen LogP contribution >= 0.6 is 0 Å². The van der Waals surface area contributed by atoms with Crippen LogP contribution < -0.4 is 11.1 Å². The number of nitrogens with one attached hydrogen (secondary N) is 1. The number of nitro groups is 1. The molecule has 0 saturated carbocycles. The molecule has 2 aliphatic heterocycles. The van der Waals surface area contributed by atoms with Crippen molar-refractivity contribution in [1.82, 2.24) is 10.2 Å². The zero-order valence-electron chi connectivity index (χ0n) is 20.0. The SMILES string of the molecule is COC(=O)C1=C(COC(N)=O)NC(C)=C(C(=O)OCCN2CCOCC2)C1c1cccc([N+](=O)[O-])c1. The highest BCUT2D eigenvalue weighted by Crippen LogP contribution is 2.40. The van der Waals surface area contributed by atoms with Crippen LogP contribution in [0.3, 0.4) is 0 Å². The Bertz CT molecular complexity index is 1090. The molecule has 3 N–H and O–H groups in total. The summed E-state index contributed by atoms with van der Waals surface area (Å²) in [6, 6.07) is 5.55. The maximum Gasteiger partial charge on any atom is 0.404 e. The second-order valence-electron chi connectivity index (χ2n) is 8.03. The number of nitro benzene ring substituents is 1. The Morgan fingerprint density at radius 1 is 1.19 bits per heavy atom. The van der Waals surface area contributed by atoms with E-state index in [0.717, 1.165) is 20.2 Å². The second-order valence-corrected chi connectivity index (χ2v) is 8.03. The molecule has 1 saturated heterocycles. The van der Waals surface area contributed by atoms with E-state index in [1.54, 1.807) is 13.0 Å². The van der Waals surface area contributed by atoms with E-state index >= 15 is 0 Å². The smallest absolute Gasteiger partial charge is 0.404 e. The van der Waals surface area contributed by atoms with Gasteiger partial charge in [0.25, 0.3) is 5.69 Å². The molecule has 1 aromatic carbocycles. The summed E-state index contributed by atoms with van der Waals surface area (Å²) in [6.07, 6.45) is -1.07. The summed E-state index contributed by atoms with van der Waals surface area (Å²) in [5.41, 5.74) is 5.58. The minimum atomic E-state index is -1.10. The van der Waals surface area contributed by atoms with E-state index in [2.05, 4.69) is 10.2 Å². The number of amides is 1. The fraction of sp³-hybridized carbons (Fsp3) is 0.435. The number of benzene rings is 1. The number of non-ortho nitro benzene ring substituents is 1. The third kappa shape index (κ3) is 6.37. The summed E-state index contributed by atoms with van der Waals surface area (Å²) in [6.45, 7) is 4.38. The van der Waals surface area contributed by atoms with E-state index in [1.807, 2.05) is 0 Å². The zero-order valence-corrected chi connectivity index (χ0v) is 20.0. The quantitative estimate of drug-likeness (QED) is 0.212. The molecule has 0 radical (unpaired) electrons. The number of rotatable bonds is 9. The van der Waals surface area contributed by atoms with Crippen molar-refractivity contribution in [2.45, 2.75) is 12.8 Å². The summed E-state index contributed by atoms with van der Waals surface area (Å²) in [4.78, 5) is 50.4. The van der Waals surface area contributed by atoms with Crippen molar-refractivity contribution in [1.29, 1.82) is 0 Å². The van der Waals surface area contributed by atoms with Gasteiger partial charge in [-0.3, -0.25) is 15.0 Å². The lowest BCUT2D eigenvalue weighted by Crippen LogP contribution is -2.39. The average Bonchev–Trinajstić information content (AvgIpc) is 2.87. The lowest BCUT2D eigenvalue weighted by molar-refractivity contribution is -0.384. The lowest BCUT2D eigenvalue weighted by Gasteiger charge is -2.31. The van der Waals surface area contributed by atoms with Gasteiger partial charge in [0.05, 0.1) is 48.0 Å². The molecule has 1 atom stereocenters. The maximum atomic E-state index is 13.3. The van der Waals surface area contributed by atoms with E-state index in [1.165, 1.54) is 18.2 Å². The lowest BCUT2D eigenvalue weighted by atomic mass is 9.80. The Balaban J connectivity index is 1.99. The van der Waals surface area contributed by atoms with Crippen LogP contribution in [-0.2, 0) is 28.5 Å². The number of dihydropyridines is 1. The van der Waals surface area contributed by atoms with Gasteiger partial charge in [0.1, 0.15) is 13.2 Å². The summed E-state index contributed by atoms with van der Waals surface area (Å²) in [5, 5.41) is 14.3. The van der Waals surface area contributed by atoms with Crippen LogP contribution in [0.15, 0.2) is 46.8 Å². The highest BCUT2D eigenvalue weighted by molar-refractivity contribution is 6.00. The van der Waals surface area contributed by atoms with Crippen molar-refractivity contribution in [2.75, 3.05) is 53.2 Å². The van der Waals surface area contributed by atoms with Gasteiger partial charge in [0.2, 0.25) is 0 Å². The van der Waals surface area contributed by atoms with Crippen molar-refractivity contribution >= 4 is 23.7 Å². The number of nitrogens with zero attached hydrogens (tertiary/aromatic N) is 2. The van der Waals surface area contributed by atoms with Crippen LogP contribution in [0.25, 0.3) is 0 Å². The van der Waals surface area contributed by atoms with Gasteiger partial charge in [-0.2, -0.15) is 0 Å². The van der Waals surface area contributed by atoms with Gasteiger partial charge in [0, 0.05) is 37.5 Å². The third-order valence-corrected chi connectivity index (χ3v) is 5.79. The Morgan fingerprint density at radius 3 is 2.56 bits per heavy atom. The molecule has 1 amide bonds. The molecule has 1 aromatic rings. The third-order valence-electron chi connectivity index (χ3n) is 5.79. The molecule has 1 unspecified atom stereocenters. The minimum Gasteiger partial charge on any atom is -0.466 e. The molecule has 0 aromatic heterocycles. The van der Waals surface area contributed by atoms with E-state index in [4.69, 9.17) is 24.7 Å². The molecular weight excluding hydrogens is 476 g/mol. The fourth-order valence-corrected chi connectivity index (χ4v) is 4.10. The largest absolute Gasteiger partial charge is 0.466 e. The molecule has 13 heteroatoms. The number of ether oxygens (including phenoxy) is 4. The maximum absolute atomic E-state index is 13.3. The predicted molar refractivity (Wildman–Crippen MR) is 124 cm³/mol. The van der Waals surface area contributed by atoms with Crippen LogP contribution in [0.2, 0.25) is 0 Å². The van der Waals surface area contributed by atoms with Gasteiger partial charge in [-0.25, -0.2) is 14.4 Å². The van der Waals surface area contributed by atoms with Crippen molar-refractivity contribution in [3.8, 4) is 0 Å². The molecular formula is C23H28N4O9. The number of hydrogen-bond donors (Lipinski definition) is 2. The molecule has 2 heterocycles. The molecule has 0 spiro atoms. The number of hydrogen-bond acceptors (Lipinski definition) is 11. The highest BCUT2D eigenvalue weighted by Gasteiger charge is 2.39. The molecule has 1 fully saturated rings. The van der Waals surface area contributed by atoms with Crippen molar-refractivity contribution in [3.05, 3.63) is 62.5 Å². The molecule has 194 valence electrons. The summed E-state index contributed by atoms with van der Waals surface area (Å²) >= 11 is 0. The van der Waals surface area contributed by atoms with Gasteiger partial charge in [-0.1, -0.05) is 12.1 Å². The van der Waals surface area contributed by atoms with E-state index in [9.17, 15) is 24.5 Å². The van der Waals surface area contributed by atoms with E-state index in [0.29, 0.717) is 25.5 Å². The van der Waals surface area contributed by atoms with Gasteiger partial charge < -0.3 is 30.0 Å². The molecule has 3 rings (SSSR count). The Morgan fingerprint density at radius 2 is 1.92 bits per heavy atom. The summed E-state index contributed by atoms with van der Waals surface area (Å²) in [7, 11) is 1.15. The first-order valence-electron chi connectivity index (χ1n) is 11.2. The predicted octanol–water partition coefficient (Wildman–Crippen LogP) is 0.953. The van der Waals surface area contributed by atoms with Crippen LogP contribution in [0.4, 0.5) is 10.5 Å². The Labute approximate surface area is 206 Å². The van der Waals surface area contributed by atoms with Gasteiger partial charge >= 0.3 is 18.0 Å². The van der Waals surface area contributed by atoms with Gasteiger partial charge in [-0.15, -0.1) is 0 Å². The number of esters is 2. The number of methoxy groups -OCH3 is 1. The number of morpholine rings is 1. The Kier molecular flexibility index (Phi) is 8.97. The first kappa shape index (κ1) is 26.6. The van der Waals surface area contributed by atoms with Gasteiger partial charge in [-0.05, 0) is 12.5 Å². The monoisotopic (exact) mass is 504 g/mol. The number of allylic oxidation sites excluding steroid dienone is 1. The zero-order chi connectivity index (χ0) is 26.2. The highest BCUT2D eigenvalue weighted by atomic mass is 16.6. The average molecular weight is 504 g/mol. The topological polar surface area (TPSA) is 173 Å². The molecule has 2 aliphatic rings. The van der Waals surface area contributed by atoms with Crippen molar-refractivity contribution in [3.63, 3.8) is 0 Å². The second kappa shape index (κ2) is 12.1. The molecule has 0 aliphatic carbocycles. The number of nitrogens with two attached hydrogens (primary N) is 1. The number of carbonyl (C=O) groups excluding carboxylic acids is 3. The fourth-order valence-electron chi connectivity index (χ4n) is 4.10. The van der Waals surface area contributed by atoms with Crippen LogP contribution in [0, 0.1) is 10.1 Å². The van der Waals surface area contributed by atoms with E-state index in [-0.39, 0.29) is 34.7 Å². The van der Waals surface area contributed by atoms with Gasteiger partial charge in [0.15, 0.2) is 0 Å². The van der Waals surface area contributed by atoms with Crippen LogP contribution in [0.1, 0.15) is 18.4 Å². The minimum absolute atomic E-state index is 0.0648. The van der Waals surface area contributed by atoms with E-state index < -0.39 is 35.5 Å².